The molecule has 0 saturated carbocycles. The van der Waals surface area contributed by atoms with Crippen molar-refractivity contribution in [1.29, 1.82) is 0 Å². The van der Waals surface area contributed by atoms with Crippen molar-refractivity contribution in [3.8, 4) is 16.9 Å². The Kier molecular flexibility index (Phi) is 4.42. The van der Waals surface area contributed by atoms with Crippen LogP contribution < -0.4 is 5.32 Å². The molecule has 2 bridgehead atoms. The summed E-state index contributed by atoms with van der Waals surface area (Å²) in [5, 5.41) is 13.9. The summed E-state index contributed by atoms with van der Waals surface area (Å²) in [5.41, 5.74) is 3.85. The van der Waals surface area contributed by atoms with Crippen molar-refractivity contribution >= 4 is 45.8 Å². The fraction of sp³-hybridized carbons (Fsp3) is 0.100. The van der Waals surface area contributed by atoms with Crippen LogP contribution in [0.5, 0.6) is 5.75 Å². The summed E-state index contributed by atoms with van der Waals surface area (Å²) in [5.74, 6) is -0.167. The molecule has 2 N–H and O–H groups in total. The molecule has 0 amide bonds. The number of benzene rings is 2. The van der Waals surface area contributed by atoms with E-state index in [1.807, 2.05) is 19.1 Å². The first kappa shape index (κ1) is 17.6. The monoisotopic (exact) mass is 400 g/mol. The van der Waals surface area contributed by atoms with E-state index in [9.17, 15) is 9.90 Å². The number of aryl methyl sites for hydroxylation is 1. The van der Waals surface area contributed by atoms with Gasteiger partial charge in [-0.1, -0.05) is 29.3 Å². The largest absolute Gasteiger partial charge is 0.504 e. The van der Waals surface area contributed by atoms with E-state index in [1.54, 1.807) is 24.4 Å². The van der Waals surface area contributed by atoms with Gasteiger partial charge in [-0.05, 0) is 31.2 Å². The van der Waals surface area contributed by atoms with Gasteiger partial charge in [-0.3, -0.25) is 9.78 Å². The second-order valence-electron chi connectivity index (χ2n) is 6.17. The van der Waals surface area contributed by atoms with Gasteiger partial charge in [0.25, 0.3) is 0 Å². The lowest BCUT2D eigenvalue weighted by molar-refractivity contribution is 0.101. The first-order valence-corrected chi connectivity index (χ1v) is 8.92. The minimum atomic E-state index is -0.176. The summed E-state index contributed by atoms with van der Waals surface area (Å²) in [7, 11) is 0. The summed E-state index contributed by atoms with van der Waals surface area (Å²) >= 11 is 11.9. The van der Waals surface area contributed by atoms with E-state index in [-0.39, 0.29) is 23.7 Å². The molecular formula is C20H14Cl2N2O3. The van der Waals surface area contributed by atoms with Crippen molar-refractivity contribution in [2.75, 3.05) is 11.9 Å². The number of nitrogens with one attached hydrogen (secondary N) is 1. The van der Waals surface area contributed by atoms with Crippen molar-refractivity contribution in [3.63, 3.8) is 0 Å². The minimum Gasteiger partial charge on any atom is -0.504 e. The molecule has 1 aromatic carbocycles. The highest BCUT2D eigenvalue weighted by Crippen LogP contribution is 2.42. The van der Waals surface area contributed by atoms with E-state index in [0.29, 0.717) is 38.0 Å². The van der Waals surface area contributed by atoms with Gasteiger partial charge in [-0.25, -0.2) is 0 Å². The lowest BCUT2D eigenvalue weighted by atomic mass is 9.97. The third-order valence-electron chi connectivity index (χ3n) is 4.29. The maximum Gasteiger partial charge on any atom is 0.186 e. The topological polar surface area (TPSA) is 75.4 Å². The van der Waals surface area contributed by atoms with Crippen LogP contribution in [0.2, 0.25) is 10.0 Å². The smallest absolute Gasteiger partial charge is 0.186 e. The molecule has 27 heavy (non-hydrogen) atoms. The van der Waals surface area contributed by atoms with Gasteiger partial charge in [0.2, 0.25) is 0 Å². The number of fused-ring (bicyclic) bond motifs is 2. The van der Waals surface area contributed by atoms with Crippen LogP contribution in [0, 0.1) is 6.92 Å². The number of pyridine rings is 1. The van der Waals surface area contributed by atoms with E-state index in [2.05, 4.69) is 10.3 Å². The van der Waals surface area contributed by atoms with E-state index >= 15 is 0 Å². The first-order valence-electron chi connectivity index (χ1n) is 8.17. The summed E-state index contributed by atoms with van der Waals surface area (Å²) in [6.07, 6.45) is 1.66. The van der Waals surface area contributed by atoms with Gasteiger partial charge >= 0.3 is 0 Å². The lowest BCUT2D eigenvalue weighted by Crippen LogP contribution is -2.14. The molecule has 0 aliphatic rings. The number of aromatic hydroxyl groups is 1. The minimum absolute atomic E-state index is 0.00886. The number of ketones is 1. The zero-order chi connectivity index (χ0) is 19.1. The highest BCUT2D eigenvalue weighted by atomic mass is 35.5. The number of halogens is 2. The molecule has 5 nitrogen and oxygen atoms in total. The fourth-order valence-electron chi connectivity index (χ4n) is 2.97. The summed E-state index contributed by atoms with van der Waals surface area (Å²) in [6.45, 7) is 1.91. The number of hydrogen-bond donors (Lipinski definition) is 2. The van der Waals surface area contributed by atoms with Gasteiger partial charge in [0.15, 0.2) is 17.1 Å². The number of phenols is 1. The number of carbonyl (C=O) groups is 1. The van der Waals surface area contributed by atoms with Crippen molar-refractivity contribution in [3.05, 3.63) is 63.9 Å². The number of Topliss-reactive ketones (excluding diaryl/α,β-unsaturated/α-hetero) is 1. The van der Waals surface area contributed by atoms with Crippen LogP contribution in [0.1, 0.15) is 16.1 Å². The van der Waals surface area contributed by atoms with Gasteiger partial charge in [-0.2, -0.15) is 0 Å². The number of anilines is 1. The molecule has 0 aliphatic heterocycles. The zero-order valence-corrected chi connectivity index (χ0v) is 15.7. The van der Waals surface area contributed by atoms with Gasteiger partial charge < -0.3 is 14.8 Å². The lowest BCUT2D eigenvalue weighted by Gasteiger charge is -2.09. The van der Waals surface area contributed by atoms with E-state index in [1.165, 1.54) is 6.07 Å². The number of carbonyl (C=O) groups excluding carboxylic acids is 1. The van der Waals surface area contributed by atoms with Crippen LogP contribution >= 0.6 is 23.2 Å². The Bertz CT molecular complexity index is 1140. The number of nitrogens with zero attached hydrogens (tertiary/aromatic N) is 1. The number of furan rings is 2. The third-order valence-corrected chi connectivity index (χ3v) is 5.03. The predicted octanol–water partition coefficient (Wildman–Crippen LogP) is 5.55. The van der Waals surface area contributed by atoms with Crippen molar-refractivity contribution in [1.82, 2.24) is 4.98 Å². The van der Waals surface area contributed by atoms with Crippen LogP contribution in [0.4, 0.5) is 5.69 Å². The molecule has 0 aliphatic carbocycles. The van der Waals surface area contributed by atoms with Crippen LogP contribution in [-0.2, 0) is 0 Å². The molecular weight excluding hydrogens is 387 g/mol. The highest BCUT2D eigenvalue weighted by Gasteiger charge is 2.27. The molecule has 0 spiro atoms. The average molecular weight is 401 g/mol. The molecule has 4 aromatic rings. The first-order chi connectivity index (χ1) is 12.9. The quantitative estimate of drug-likeness (QED) is 0.429. The standard InChI is InChI=1S/C20H14Cl2N2O3/c1-10-2-3-11(8-23-10)18-19(17-7-15(25)20(18)27-17)16(26)9-24-12-4-5-13(21)14(22)6-12/h2-8,24-25H,9H2,1H3. The van der Waals surface area contributed by atoms with Crippen molar-refractivity contribution < 1.29 is 14.3 Å². The van der Waals surface area contributed by atoms with Crippen LogP contribution in [-0.4, -0.2) is 22.4 Å². The molecule has 136 valence electrons. The van der Waals surface area contributed by atoms with E-state index in [4.69, 9.17) is 27.6 Å². The number of aromatic nitrogens is 1. The van der Waals surface area contributed by atoms with Gasteiger partial charge in [-0.15, -0.1) is 0 Å². The number of phenolic OH excluding ortho intramolecular Hbond substituents is 1. The number of rotatable bonds is 5. The average Bonchev–Trinajstić information content (AvgIpc) is 3.20. The molecule has 0 radical (unpaired) electrons. The molecule has 3 aromatic heterocycles. The second-order valence-corrected chi connectivity index (χ2v) is 6.98. The molecule has 7 heteroatoms. The maximum absolute atomic E-state index is 12.9. The Labute approximate surface area is 164 Å². The highest BCUT2D eigenvalue weighted by molar-refractivity contribution is 6.42. The number of hydrogen-bond acceptors (Lipinski definition) is 5. The third kappa shape index (κ3) is 3.20. The predicted molar refractivity (Wildman–Crippen MR) is 106 cm³/mol. The molecule has 0 saturated heterocycles. The Morgan fingerprint density at radius 2 is 2.00 bits per heavy atom. The Morgan fingerprint density at radius 3 is 2.70 bits per heavy atom. The van der Waals surface area contributed by atoms with Gasteiger partial charge in [0.05, 0.1) is 22.2 Å². The summed E-state index contributed by atoms with van der Waals surface area (Å²) < 4.78 is 5.60. The van der Waals surface area contributed by atoms with Gasteiger partial charge in [0.1, 0.15) is 5.58 Å². The fourth-order valence-corrected chi connectivity index (χ4v) is 3.26. The summed E-state index contributed by atoms with van der Waals surface area (Å²) in [4.78, 5) is 17.2. The van der Waals surface area contributed by atoms with Crippen molar-refractivity contribution in [2.24, 2.45) is 0 Å². The molecule has 4 rings (SSSR count). The van der Waals surface area contributed by atoms with Crippen LogP contribution in [0.25, 0.3) is 22.3 Å². The van der Waals surface area contributed by atoms with Crippen molar-refractivity contribution in [2.45, 2.75) is 6.92 Å². The molecule has 0 fully saturated rings. The molecule has 0 atom stereocenters. The molecule has 0 unspecified atom stereocenters. The normalized spacial score (nSPS) is 11.2. The van der Waals surface area contributed by atoms with Crippen LogP contribution in [0.3, 0.4) is 0 Å². The SMILES string of the molecule is Cc1ccc(-c2c(C(=O)CNc3ccc(Cl)c(Cl)c3)c3cc(O)c2o3)cn1. The molecule has 3 heterocycles. The Morgan fingerprint density at radius 1 is 1.19 bits per heavy atom. The van der Waals surface area contributed by atoms with Crippen LogP contribution in [0.15, 0.2) is 47.0 Å². The van der Waals surface area contributed by atoms with Gasteiger partial charge in [0, 0.05) is 34.8 Å². The summed E-state index contributed by atoms with van der Waals surface area (Å²) in [6, 6.07) is 10.2. The Hall–Kier alpha value is -2.76. The maximum atomic E-state index is 12.9. The van der Waals surface area contributed by atoms with E-state index in [0.717, 1.165) is 5.69 Å². The second kappa shape index (κ2) is 6.76. The zero-order valence-electron chi connectivity index (χ0n) is 14.2. The van der Waals surface area contributed by atoms with E-state index < -0.39 is 0 Å². The Balaban J connectivity index is 1.66.